The van der Waals surface area contributed by atoms with E-state index in [0.717, 1.165) is 0 Å². The number of imide groups is 2. The molecule has 1 aliphatic rings. The SMILES string of the molecule is COc1cc(C=C2C(=O)NC(=O)NC2=O)ccc1OCc1cccc(C(=O)O)c1. The molecule has 4 amide bonds. The van der Waals surface area contributed by atoms with Crippen molar-refractivity contribution in [1.82, 2.24) is 10.6 Å². The number of ether oxygens (including phenoxy) is 2. The van der Waals surface area contributed by atoms with Crippen LogP contribution < -0.4 is 20.1 Å². The number of methoxy groups -OCH3 is 1. The minimum absolute atomic E-state index is 0.116. The standard InChI is InChI=1S/C20H16N2O7/c1-28-16-9-11(8-14-17(23)21-20(27)22-18(14)24)5-6-15(16)29-10-12-3-2-4-13(7-12)19(25)26/h2-9H,10H2,1H3,(H,25,26)(H2,21,22,23,24,27). The Bertz CT molecular complexity index is 1020. The zero-order valence-electron chi connectivity index (χ0n) is 15.2. The summed E-state index contributed by atoms with van der Waals surface area (Å²) in [6.45, 7) is 0.116. The molecule has 148 valence electrons. The van der Waals surface area contributed by atoms with Crippen LogP contribution in [0.1, 0.15) is 21.5 Å². The Morgan fingerprint density at radius 2 is 1.76 bits per heavy atom. The molecule has 1 aliphatic heterocycles. The van der Waals surface area contributed by atoms with E-state index in [1.807, 2.05) is 10.6 Å². The second-order valence-corrected chi connectivity index (χ2v) is 6.00. The van der Waals surface area contributed by atoms with Gasteiger partial charge in [0.05, 0.1) is 12.7 Å². The quantitative estimate of drug-likeness (QED) is 0.500. The van der Waals surface area contributed by atoms with Crippen molar-refractivity contribution in [1.29, 1.82) is 0 Å². The predicted octanol–water partition coefficient (Wildman–Crippen LogP) is 1.72. The molecular formula is C20H16N2O7. The van der Waals surface area contributed by atoms with Crippen LogP contribution >= 0.6 is 0 Å². The summed E-state index contributed by atoms with van der Waals surface area (Å²) in [5.41, 5.74) is 1.09. The summed E-state index contributed by atoms with van der Waals surface area (Å²) >= 11 is 0. The Labute approximate surface area is 164 Å². The average molecular weight is 396 g/mol. The Balaban J connectivity index is 1.79. The summed E-state index contributed by atoms with van der Waals surface area (Å²) in [6, 6.07) is 10.2. The van der Waals surface area contributed by atoms with Gasteiger partial charge in [-0.05, 0) is 41.5 Å². The van der Waals surface area contributed by atoms with Crippen LogP contribution in [0.3, 0.4) is 0 Å². The first-order valence-electron chi connectivity index (χ1n) is 8.39. The summed E-state index contributed by atoms with van der Waals surface area (Å²) in [7, 11) is 1.43. The van der Waals surface area contributed by atoms with Gasteiger partial charge in [-0.2, -0.15) is 0 Å². The molecule has 1 heterocycles. The van der Waals surface area contributed by atoms with Gasteiger partial charge in [0.1, 0.15) is 12.2 Å². The van der Waals surface area contributed by atoms with Crippen LogP contribution in [0.4, 0.5) is 4.79 Å². The Kier molecular flexibility index (Phi) is 5.59. The van der Waals surface area contributed by atoms with E-state index >= 15 is 0 Å². The third kappa shape index (κ3) is 4.59. The van der Waals surface area contributed by atoms with Gasteiger partial charge in [-0.25, -0.2) is 9.59 Å². The van der Waals surface area contributed by atoms with Crippen LogP contribution in [0, 0.1) is 0 Å². The molecule has 9 heteroatoms. The van der Waals surface area contributed by atoms with Gasteiger partial charge in [-0.15, -0.1) is 0 Å². The number of carboxylic acids is 1. The van der Waals surface area contributed by atoms with Gasteiger partial charge in [0.25, 0.3) is 11.8 Å². The van der Waals surface area contributed by atoms with Crippen LogP contribution in [0.25, 0.3) is 6.08 Å². The van der Waals surface area contributed by atoms with E-state index in [1.165, 1.54) is 25.3 Å². The number of aromatic carboxylic acids is 1. The molecule has 0 unspecified atom stereocenters. The largest absolute Gasteiger partial charge is 0.493 e. The fraction of sp³-hybridized carbons (Fsp3) is 0.100. The van der Waals surface area contributed by atoms with E-state index in [1.54, 1.807) is 30.3 Å². The molecule has 0 aliphatic carbocycles. The second-order valence-electron chi connectivity index (χ2n) is 6.00. The van der Waals surface area contributed by atoms with E-state index in [2.05, 4.69) is 0 Å². The topological polar surface area (TPSA) is 131 Å². The Morgan fingerprint density at radius 1 is 1.03 bits per heavy atom. The average Bonchev–Trinajstić information content (AvgIpc) is 2.69. The summed E-state index contributed by atoms with van der Waals surface area (Å²) in [5.74, 6) is -1.88. The van der Waals surface area contributed by atoms with Crippen molar-refractivity contribution in [3.63, 3.8) is 0 Å². The van der Waals surface area contributed by atoms with Gasteiger partial charge in [-0.3, -0.25) is 20.2 Å². The molecule has 1 fully saturated rings. The van der Waals surface area contributed by atoms with Crippen molar-refractivity contribution in [2.75, 3.05) is 7.11 Å². The van der Waals surface area contributed by atoms with Crippen molar-refractivity contribution in [3.05, 3.63) is 64.7 Å². The number of carboxylic acid groups (broad SMARTS) is 1. The zero-order chi connectivity index (χ0) is 21.0. The number of amides is 4. The molecule has 0 bridgehead atoms. The minimum Gasteiger partial charge on any atom is -0.493 e. The maximum absolute atomic E-state index is 11.8. The fourth-order valence-electron chi connectivity index (χ4n) is 2.62. The summed E-state index contributed by atoms with van der Waals surface area (Å²) < 4.78 is 11.0. The lowest BCUT2D eigenvalue weighted by molar-refractivity contribution is -0.123. The molecule has 3 N–H and O–H groups in total. The van der Waals surface area contributed by atoms with Gasteiger partial charge in [0.15, 0.2) is 11.5 Å². The van der Waals surface area contributed by atoms with Gasteiger partial charge < -0.3 is 14.6 Å². The highest BCUT2D eigenvalue weighted by Gasteiger charge is 2.27. The van der Waals surface area contributed by atoms with Crippen LogP contribution in [-0.4, -0.2) is 36.0 Å². The number of benzene rings is 2. The first-order chi connectivity index (χ1) is 13.9. The molecule has 0 spiro atoms. The number of carbonyl (C=O) groups is 4. The minimum atomic E-state index is -1.03. The van der Waals surface area contributed by atoms with Crippen molar-refractivity contribution in [3.8, 4) is 11.5 Å². The van der Waals surface area contributed by atoms with Crippen molar-refractivity contribution in [2.45, 2.75) is 6.61 Å². The second kappa shape index (κ2) is 8.26. The van der Waals surface area contributed by atoms with Crippen LogP contribution in [0.15, 0.2) is 48.0 Å². The lowest BCUT2D eigenvalue weighted by Gasteiger charge is -2.15. The monoisotopic (exact) mass is 396 g/mol. The van der Waals surface area contributed by atoms with E-state index < -0.39 is 23.8 Å². The molecule has 3 rings (SSSR count). The molecule has 9 nitrogen and oxygen atoms in total. The number of carbonyl (C=O) groups excluding carboxylic acids is 3. The number of barbiturate groups is 1. The Morgan fingerprint density at radius 3 is 2.41 bits per heavy atom. The lowest BCUT2D eigenvalue weighted by atomic mass is 10.1. The van der Waals surface area contributed by atoms with Crippen LogP contribution in [0.2, 0.25) is 0 Å². The van der Waals surface area contributed by atoms with Crippen molar-refractivity contribution in [2.24, 2.45) is 0 Å². The molecule has 1 saturated heterocycles. The molecule has 0 aromatic heterocycles. The van der Waals surface area contributed by atoms with Crippen LogP contribution in [0.5, 0.6) is 11.5 Å². The molecule has 0 radical (unpaired) electrons. The molecular weight excluding hydrogens is 380 g/mol. The first kappa shape index (κ1) is 19.6. The number of rotatable bonds is 6. The number of urea groups is 1. The molecule has 29 heavy (non-hydrogen) atoms. The van der Waals surface area contributed by atoms with E-state index in [0.29, 0.717) is 22.6 Å². The van der Waals surface area contributed by atoms with E-state index in [4.69, 9.17) is 14.6 Å². The Hall–Kier alpha value is -4.14. The van der Waals surface area contributed by atoms with Gasteiger partial charge in [-0.1, -0.05) is 18.2 Å². The van der Waals surface area contributed by atoms with Crippen LogP contribution in [-0.2, 0) is 16.2 Å². The molecule has 2 aromatic carbocycles. The number of hydrogen-bond donors (Lipinski definition) is 3. The molecule has 2 aromatic rings. The first-order valence-corrected chi connectivity index (χ1v) is 8.39. The highest BCUT2D eigenvalue weighted by atomic mass is 16.5. The van der Waals surface area contributed by atoms with Crippen molar-refractivity contribution < 1.29 is 33.8 Å². The third-order valence-electron chi connectivity index (χ3n) is 4.01. The highest BCUT2D eigenvalue weighted by Crippen LogP contribution is 2.30. The normalized spacial score (nSPS) is 13.4. The predicted molar refractivity (Wildman–Crippen MR) is 100 cm³/mol. The lowest BCUT2D eigenvalue weighted by Crippen LogP contribution is -2.51. The van der Waals surface area contributed by atoms with Gasteiger partial charge in [0, 0.05) is 0 Å². The molecule has 0 saturated carbocycles. The fourth-order valence-corrected chi connectivity index (χ4v) is 2.62. The summed E-state index contributed by atoms with van der Waals surface area (Å²) in [5, 5.41) is 13.0. The van der Waals surface area contributed by atoms with Gasteiger partial charge >= 0.3 is 12.0 Å². The molecule has 0 atom stereocenters. The smallest absolute Gasteiger partial charge is 0.335 e. The summed E-state index contributed by atoms with van der Waals surface area (Å²) in [6.07, 6.45) is 1.32. The van der Waals surface area contributed by atoms with E-state index in [9.17, 15) is 19.2 Å². The van der Waals surface area contributed by atoms with Gasteiger partial charge in [0.2, 0.25) is 0 Å². The number of hydrogen-bond acceptors (Lipinski definition) is 6. The highest BCUT2D eigenvalue weighted by molar-refractivity contribution is 6.31. The number of nitrogens with one attached hydrogen (secondary N) is 2. The zero-order valence-corrected chi connectivity index (χ0v) is 15.2. The third-order valence-corrected chi connectivity index (χ3v) is 4.01. The maximum atomic E-state index is 11.8. The van der Waals surface area contributed by atoms with Crippen molar-refractivity contribution >= 4 is 29.9 Å². The summed E-state index contributed by atoms with van der Waals surface area (Å²) in [4.78, 5) is 45.8. The maximum Gasteiger partial charge on any atom is 0.335 e. The van der Waals surface area contributed by atoms with E-state index in [-0.39, 0.29) is 17.7 Å².